The van der Waals surface area contributed by atoms with Crippen molar-refractivity contribution in [1.82, 2.24) is 0 Å². The van der Waals surface area contributed by atoms with E-state index in [1.165, 1.54) is 17.8 Å². The molecule has 6 heteroatoms. The Morgan fingerprint density at radius 3 is 2.37 bits per heavy atom. The van der Waals surface area contributed by atoms with E-state index in [9.17, 15) is 13.2 Å². The maximum Gasteiger partial charge on any atom is 0.418 e. The molecular formula is C13H9ClF3NS. The average Bonchev–Trinajstić information content (AvgIpc) is 2.33. The lowest BCUT2D eigenvalue weighted by Gasteiger charge is -2.12. The Bertz CT molecular complexity index is 599. The Morgan fingerprint density at radius 1 is 1.05 bits per heavy atom. The highest BCUT2D eigenvalue weighted by molar-refractivity contribution is 7.99. The summed E-state index contributed by atoms with van der Waals surface area (Å²) in [4.78, 5) is 1.14. The largest absolute Gasteiger partial charge is 0.418 e. The maximum atomic E-state index is 12.7. The summed E-state index contributed by atoms with van der Waals surface area (Å²) < 4.78 is 38.2. The molecule has 0 saturated carbocycles. The number of alkyl halides is 3. The zero-order chi connectivity index (χ0) is 14.0. The fourth-order valence-corrected chi connectivity index (χ4v) is 2.63. The SMILES string of the molecule is Nc1ccc(Sc2ccccc2Cl)cc1C(F)(F)F. The molecule has 100 valence electrons. The van der Waals surface area contributed by atoms with Gasteiger partial charge in [-0.1, -0.05) is 35.5 Å². The first kappa shape index (κ1) is 14.1. The van der Waals surface area contributed by atoms with Gasteiger partial charge in [-0.3, -0.25) is 0 Å². The molecule has 2 aromatic carbocycles. The molecule has 2 N–H and O–H groups in total. The summed E-state index contributed by atoms with van der Waals surface area (Å²) >= 11 is 7.13. The molecule has 0 unspecified atom stereocenters. The number of hydrogen-bond donors (Lipinski definition) is 1. The van der Waals surface area contributed by atoms with E-state index in [-0.39, 0.29) is 5.69 Å². The van der Waals surface area contributed by atoms with Crippen LogP contribution < -0.4 is 5.73 Å². The second-order valence-corrected chi connectivity index (χ2v) is 5.30. The van der Waals surface area contributed by atoms with Crippen LogP contribution in [0.25, 0.3) is 0 Å². The number of hydrogen-bond acceptors (Lipinski definition) is 2. The molecule has 0 aliphatic heterocycles. The topological polar surface area (TPSA) is 26.0 Å². The third kappa shape index (κ3) is 3.36. The third-order valence-electron chi connectivity index (χ3n) is 2.39. The highest BCUT2D eigenvalue weighted by Gasteiger charge is 2.33. The van der Waals surface area contributed by atoms with E-state index < -0.39 is 11.7 Å². The first-order chi connectivity index (χ1) is 8.88. The van der Waals surface area contributed by atoms with Crippen molar-refractivity contribution >= 4 is 29.1 Å². The van der Waals surface area contributed by atoms with Crippen LogP contribution in [0.4, 0.5) is 18.9 Å². The second-order valence-electron chi connectivity index (χ2n) is 3.78. The van der Waals surface area contributed by atoms with E-state index in [4.69, 9.17) is 17.3 Å². The summed E-state index contributed by atoms with van der Waals surface area (Å²) in [6, 6.07) is 10.8. The standard InChI is InChI=1S/C13H9ClF3NS/c14-10-3-1-2-4-12(10)19-8-5-6-11(18)9(7-8)13(15,16)17/h1-7H,18H2. The van der Waals surface area contributed by atoms with Crippen LogP contribution >= 0.6 is 23.4 Å². The monoisotopic (exact) mass is 303 g/mol. The Morgan fingerprint density at radius 2 is 1.74 bits per heavy atom. The van der Waals surface area contributed by atoms with Crippen molar-refractivity contribution in [2.24, 2.45) is 0 Å². The predicted octanol–water partition coefficient (Wildman–Crippen LogP) is 5.09. The molecule has 0 saturated heterocycles. The summed E-state index contributed by atoms with van der Waals surface area (Å²) in [7, 11) is 0. The molecule has 0 aliphatic carbocycles. The van der Waals surface area contributed by atoms with Crippen LogP contribution in [0, 0.1) is 0 Å². The molecular weight excluding hydrogens is 295 g/mol. The van der Waals surface area contributed by atoms with Crippen LogP contribution in [-0.4, -0.2) is 0 Å². The molecule has 2 rings (SSSR count). The molecule has 0 radical (unpaired) electrons. The summed E-state index contributed by atoms with van der Waals surface area (Å²) in [5.74, 6) is 0. The summed E-state index contributed by atoms with van der Waals surface area (Å²) in [5, 5.41) is 0.498. The Balaban J connectivity index is 2.35. The normalized spacial score (nSPS) is 11.6. The molecule has 0 fully saturated rings. The van der Waals surface area contributed by atoms with Crippen LogP contribution in [0.15, 0.2) is 52.3 Å². The number of nitrogen functional groups attached to an aromatic ring is 1. The highest BCUT2D eigenvalue weighted by atomic mass is 35.5. The average molecular weight is 304 g/mol. The summed E-state index contributed by atoms with van der Waals surface area (Å²) in [5.41, 5.74) is 4.23. The van der Waals surface area contributed by atoms with Gasteiger partial charge < -0.3 is 5.73 Å². The lowest BCUT2D eigenvalue weighted by Crippen LogP contribution is -2.08. The van der Waals surface area contributed by atoms with E-state index in [0.717, 1.165) is 6.07 Å². The van der Waals surface area contributed by atoms with E-state index >= 15 is 0 Å². The zero-order valence-electron chi connectivity index (χ0n) is 9.54. The smallest absolute Gasteiger partial charge is 0.398 e. The van der Waals surface area contributed by atoms with E-state index in [1.807, 2.05) is 0 Å². The molecule has 0 aromatic heterocycles. The molecule has 1 nitrogen and oxygen atoms in total. The van der Waals surface area contributed by atoms with Gasteiger partial charge in [0, 0.05) is 15.5 Å². The predicted molar refractivity (Wildman–Crippen MR) is 71.4 cm³/mol. The van der Waals surface area contributed by atoms with Crippen LogP contribution in [0.2, 0.25) is 5.02 Å². The zero-order valence-corrected chi connectivity index (χ0v) is 11.1. The Hall–Kier alpha value is -1.33. The van der Waals surface area contributed by atoms with E-state index in [1.54, 1.807) is 30.3 Å². The number of nitrogens with two attached hydrogens (primary N) is 1. The summed E-state index contributed by atoms with van der Waals surface area (Å²) in [6.45, 7) is 0. The number of anilines is 1. The minimum atomic E-state index is -4.46. The van der Waals surface area contributed by atoms with Gasteiger partial charge in [-0.2, -0.15) is 13.2 Å². The van der Waals surface area contributed by atoms with E-state index in [0.29, 0.717) is 14.8 Å². The van der Waals surface area contributed by atoms with Crippen LogP contribution in [0.3, 0.4) is 0 Å². The van der Waals surface area contributed by atoms with Gasteiger partial charge in [-0.15, -0.1) is 0 Å². The molecule has 0 aliphatic rings. The first-order valence-corrected chi connectivity index (χ1v) is 6.46. The number of benzene rings is 2. The van der Waals surface area contributed by atoms with Gasteiger partial charge in [0.15, 0.2) is 0 Å². The van der Waals surface area contributed by atoms with Crippen molar-refractivity contribution in [2.75, 3.05) is 5.73 Å². The third-order valence-corrected chi connectivity index (χ3v) is 3.90. The molecule has 2 aromatic rings. The van der Waals surface area contributed by atoms with Crippen molar-refractivity contribution in [2.45, 2.75) is 16.0 Å². The van der Waals surface area contributed by atoms with Crippen LogP contribution in [-0.2, 0) is 6.18 Å². The quantitative estimate of drug-likeness (QED) is 0.782. The first-order valence-electron chi connectivity index (χ1n) is 5.27. The van der Waals surface area contributed by atoms with Gasteiger partial charge in [0.1, 0.15) is 0 Å². The van der Waals surface area contributed by atoms with Crippen LogP contribution in [0.5, 0.6) is 0 Å². The van der Waals surface area contributed by atoms with Crippen molar-refractivity contribution in [1.29, 1.82) is 0 Å². The van der Waals surface area contributed by atoms with Crippen molar-refractivity contribution < 1.29 is 13.2 Å². The van der Waals surface area contributed by atoms with Gasteiger partial charge in [0.05, 0.1) is 10.6 Å². The second kappa shape index (κ2) is 5.35. The molecule has 0 bridgehead atoms. The molecule has 0 heterocycles. The van der Waals surface area contributed by atoms with Crippen molar-refractivity contribution in [3.8, 4) is 0 Å². The summed E-state index contributed by atoms with van der Waals surface area (Å²) in [6.07, 6.45) is -4.46. The highest BCUT2D eigenvalue weighted by Crippen LogP contribution is 2.39. The minimum Gasteiger partial charge on any atom is -0.398 e. The molecule has 0 amide bonds. The number of rotatable bonds is 2. The Kier molecular flexibility index (Phi) is 3.96. The van der Waals surface area contributed by atoms with Crippen molar-refractivity contribution in [3.05, 3.63) is 53.1 Å². The van der Waals surface area contributed by atoms with Crippen molar-refractivity contribution in [3.63, 3.8) is 0 Å². The van der Waals surface area contributed by atoms with Gasteiger partial charge in [0.2, 0.25) is 0 Å². The lowest BCUT2D eigenvalue weighted by molar-refractivity contribution is -0.137. The molecule has 0 spiro atoms. The molecule has 19 heavy (non-hydrogen) atoms. The van der Waals surface area contributed by atoms with Gasteiger partial charge >= 0.3 is 6.18 Å². The fraction of sp³-hybridized carbons (Fsp3) is 0.0769. The van der Waals surface area contributed by atoms with E-state index in [2.05, 4.69) is 0 Å². The number of halogens is 4. The van der Waals surface area contributed by atoms with Gasteiger partial charge in [0.25, 0.3) is 0 Å². The van der Waals surface area contributed by atoms with Gasteiger partial charge in [-0.25, -0.2) is 0 Å². The molecule has 0 atom stereocenters. The van der Waals surface area contributed by atoms with Gasteiger partial charge in [-0.05, 0) is 30.3 Å². The Labute approximate surface area is 117 Å². The lowest BCUT2D eigenvalue weighted by atomic mass is 10.2. The minimum absolute atomic E-state index is 0.281. The fourth-order valence-electron chi connectivity index (χ4n) is 1.50. The van der Waals surface area contributed by atoms with Crippen LogP contribution in [0.1, 0.15) is 5.56 Å². The maximum absolute atomic E-state index is 12.7.